The summed E-state index contributed by atoms with van der Waals surface area (Å²) in [6.45, 7) is 1.71. The number of carbonyl (C=O) groups is 1. The van der Waals surface area contributed by atoms with Crippen LogP contribution in [0.5, 0.6) is 0 Å². The molecule has 9 heteroatoms. The number of hydrogen-bond donors (Lipinski definition) is 2. The fraction of sp³-hybridized carbons (Fsp3) is 0.118. The van der Waals surface area contributed by atoms with Gasteiger partial charge in [-0.3, -0.25) is 9.89 Å². The van der Waals surface area contributed by atoms with Gasteiger partial charge in [-0.15, -0.1) is 5.10 Å². The van der Waals surface area contributed by atoms with E-state index >= 15 is 0 Å². The van der Waals surface area contributed by atoms with E-state index in [2.05, 4.69) is 20.5 Å². The van der Waals surface area contributed by atoms with Crippen LogP contribution in [-0.2, 0) is 4.79 Å². The van der Waals surface area contributed by atoms with Crippen LogP contribution < -0.4 is 5.32 Å². The van der Waals surface area contributed by atoms with Crippen molar-refractivity contribution in [2.45, 2.75) is 17.3 Å². The van der Waals surface area contributed by atoms with Gasteiger partial charge in [0.15, 0.2) is 5.82 Å². The van der Waals surface area contributed by atoms with Gasteiger partial charge in [0.25, 0.3) is 0 Å². The lowest BCUT2D eigenvalue weighted by Crippen LogP contribution is -2.22. The van der Waals surface area contributed by atoms with Crippen molar-refractivity contribution in [1.29, 1.82) is 0 Å². The molecule has 0 aliphatic rings. The SMILES string of the molecule is CC(Sc1n[nH]c(-c2ccccc2F)n1)C(=O)Nc1ccc(Cl)cc1Cl. The van der Waals surface area contributed by atoms with Crippen LogP contribution in [0.15, 0.2) is 47.6 Å². The minimum Gasteiger partial charge on any atom is -0.324 e. The summed E-state index contributed by atoms with van der Waals surface area (Å²) in [7, 11) is 0. The standard InChI is InChI=1S/C17H13Cl2FN4OS/c1-9(16(25)21-14-7-6-10(18)8-12(14)19)26-17-22-15(23-24-17)11-4-2-3-5-13(11)20/h2-9H,1H3,(H,21,25)(H,22,23,24). The summed E-state index contributed by atoms with van der Waals surface area (Å²) in [6, 6.07) is 11.1. The van der Waals surface area contributed by atoms with Gasteiger partial charge in [0.1, 0.15) is 5.82 Å². The third kappa shape index (κ3) is 4.35. The topological polar surface area (TPSA) is 70.7 Å². The van der Waals surface area contributed by atoms with Gasteiger partial charge in [-0.2, -0.15) is 0 Å². The van der Waals surface area contributed by atoms with Crippen molar-refractivity contribution in [2.24, 2.45) is 0 Å². The summed E-state index contributed by atoms with van der Waals surface area (Å²) in [4.78, 5) is 16.6. The lowest BCUT2D eigenvalue weighted by molar-refractivity contribution is -0.115. The van der Waals surface area contributed by atoms with Crippen molar-refractivity contribution >= 4 is 46.6 Å². The van der Waals surface area contributed by atoms with Gasteiger partial charge in [0, 0.05) is 5.02 Å². The highest BCUT2D eigenvalue weighted by Gasteiger charge is 2.19. The van der Waals surface area contributed by atoms with Gasteiger partial charge >= 0.3 is 0 Å². The van der Waals surface area contributed by atoms with Gasteiger partial charge in [-0.1, -0.05) is 47.1 Å². The molecule has 1 heterocycles. The van der Waals surface area contributed by atoms with E-state index in [4.69, 9.17) is 23.2 Å². The van der Waals surface area contributed by atoms with Crippen molar-refractivity contribution in [2.75, 3.05) is 5.32 Å². The molecule has 3 rings (SSSR count). The van der Waals surface area contributed by atoms with Crippen molar-refractivity contribution in [1.82, 2.24) is 15.2 Å². The Morgan fingerprint density at radius 1 is 1.27 bits per heavy atom. The van der Waals surface area contributed by atoms with E-state index < -0.39 is 11.1 Å². The maximum atomic E-state index is 13.8. The second kappa shape index (κ2) is 8.07. The van der Waals surface area contributed by atoms with E-state index in [1.807, 2.05) is 0 Å². The average Bonchev–Trinajstić information content (AvgIpc) is 3.06. The van der Waals surface area contributed by atoms with Gasteiger partial charge in [-0.05, 0) is 37.3 Å². The highest BCUT2D eigenvalue weighted by molar-refractivity contribution is 8.00. The predicted molar refractivity (Wildman–Crippen MR) is 102 cm³/mol. The average molecular weight is 411 g/mol. The van der Waals surface area contributed by atoms with Crippen molar-refractivity contribution < 1.29 is 9.18 Å². The molecule has 0 aliphatic heterocycles. The van der Waals surface area contributed by atoms with E-state index in [1.165, 1.54) is 6.07 Å². The minimum absolute atomic E-state index is 0.267. The summed E-state index contributed by atoms with van der Waals surface area (Å²) < 4.78 is 13.8. The van der Waals surface area contributed by atoms with Gasteiger partial charge in [0.2, 0.25) is 11.1 Å². The summed E-state index contributed by atoms with van der Waals surface area (Å²) in [5.41, 5.74) is 0.785. The molecule has 0 saturated carbocycles. The molecule has 0 aliphatic carbocycles. The Bertz CT molecular complexity index is 950. The number of H-pyrrole nitrogens is 1. The van der Waals surface area contributed by atoms with Crippen LogP contribution in [0.1, 0.15) is 6.92 Å². The van der Waals surface area contributed by atoms with E-state index in [-0.39, 0.29) is 5.91 Å². The fourth-order valence-electron chi connectivity index (χ4n) is 2.11. The predicted octanol–water partition coefficient (Wildman–Crippen LogP) is 5.04. The van der Waals surface area contributed by atoms with Crippen molar-refractivity contribution in [3.05, 3.63) is 58.3 Å². The number of benzene rings is 2. The molecule has 2 N–H and O–H groups in total. The van der Waals surface area contributed by atoms with Crippen LogP contribution in [-0.4, -0.2) is 26.3 Å². The molecule has 5 nitrogen and oxygen atoms in total. The minimum atomic E-state index is -0.494. The number of carbonyl (C=O) groups excluding carboxylic acids is 1. The first-order valence-electron chi connectivity index (χ1n) is 7.54. The zero-order chi connectivity index (χ0) is 18.7. The molecule has 2 aromatic carbocycles. The molecular formula is C17H13Cl2FN4OS. The quantitative estimate of drug-likeness (QED) is 0.578. The van der Waals surface area contributed by atoms with Crippen LogP contribution in [0, 0.1) is 5.82 Å². The molecule has 26 heavy (non-hydrogen) atoms. The number of rotatable bonds is 5. The molecular weight excluding hydrogens is 398 g/mol. The van der Waals surface area contributed by atoms with Crippen LogP contribution in [0.3, 0.4) is 0 Å². The lowest BCUT2D eigenvalue weighted by Gasteiger charge is -2.11. The molecule has 1 amide bonds. The number of amides is 1. The van der Waals surface area contributed by atoms with Crippen LogP contribution in [0.4, 0.5) is 10.1 Å². The summed E-state index contributed by atoms with van der Waals surface area (Å²) >= 11 is 13.0. The van der Waals surface area contributed by atoms with E-state index in [0.29, 0.717) is 32.3 Å². The Morgan fingerprint density at radius 3 is 2.77 bits per heavy atom. The number of anilines is 1. The number of hydrogen-bond acceptors (Lipinski definition) is 4. The first kappa shape index (κ1) is 18.7. The number of aromatic nitrogens is 3. The molecule has 1 unspecified atom stereocenters. The number of aromatic amines is 1. The fourth-order valence-corrected chi connectivity index (χ4v) is 3.29. The number of nitrogens with zero attached hydrogens (tertiary/aromatic N) is 2. The third-order valence-electron chi connectivity index (χ3n) is 3.43. The second-order valence-electron chi connectivity index (χ2n) is 5.32. The highest BCUT2D eigenvalue weighted by atomic mass is 35.5. The number of thioether (sulfide) groups is 1. The van der Waals surface area contributed by atoms with Crippen molar-refractivity contribution in [3.63, 3.8) is 0 Å². The molecule has 3 aromatic rings. The highest BCUT2D eigenvalue weighted by Crippen LogP contribution is 2.28. The molecule has 0 fully saturated rings. The Kier molecular flexibility index (Phi) is 5.80. The lowest BCUT2D eigenvalue weighted by atomic mass is 10.2. The van der Waals surface area contributed by atoms with E-state index in [1.54, 1.807) is 43.3 Å². The maximum absolute atomic E-state index is 13.8. The Balaban J connectivity index is 1.67. The van der Waals surface area contributed by atoms with E-state index in [9.17, 15) is 9.18 Å². The molecule has 0 saturated heterocycles. The third-order valence-corrected chi connectivity index (χ3v) is 4.94. The van der Waals surface area contributed by atoms with Gasteiger partial charge in [0.05, 0.1) is 21.5 Å². The number of nitrogens with one attached hydrogen (secondary N) is 2. The molecule has 134 valence electrons. The molecule has 0 spiro atoms. The molecule has 1 atom stereocenters. The number of halogens is 3. The Morgan fingerprint density at radius 2 is 2.04 bits per heavy atom. The monoisotopic (exact) mass is 410 g/mol. The Labute approximate surface area is 163 Å². The Hall–Kier alpha value is -2.09. The smallest absolute Gasteiger partial charge is 0.237 e. The van der Waals surface area contributed by atoms with Crippen LogP contribution >= 0.6 is 35.0 Å². The molecule has 0 bridgehead atoms. The largest absolute Gasteiger partial charge is 0.324 e. The van der Waals surface area contributed by atoms with Crippen LogP contribution in [0.2, 0.25) is 10.0 Å². The van der Waals surface area contributed by atoms with Crippen LogP contribution in [0.25, 0.3) is 11.4 Å². The van der Waals surface area contributed by atoms with Gasteiger partial charge in [-0.25, -0.2) is 9.37 Å². The zero-order valence-electron chi connectivity index (χ0n) is 13.5. The van der Waals surface area contributed by atoms with Gasteiger partial charge < -0.3 is 5.32 Å². The second-order valence-corrected chi connectivity index (χ2v) is 7.47. The first-order chi connectivity index (χ1) is 12.4. The summed E-state index contributed by atoms with van der Waals surface area (Å²) in [6.07, 6.45) is 0. The normalized spacial score (nSPS) is 12.0. The zero-order valence-corrected chi connectivity index (χ0v) is 15.8. The molecule has 0 radical (unpaired) electrons. The summed E-state index contributed by atoms with van der Waals surface area (Å²) in [5, 5.41) is 10.1. The summed E-state index contributed by atoms with van der Waals surface area (Å²) in [5.74, 6) is -0.362. The maximum Gasteiger partial charge on any atom is 0.237 e. The van der Waals surface area contributed by atoms with E-state index in [0.717, 1.165) is 11.8 Å². The first-order valence-corrected chi connectivity index (χ1v) is 9.17. The molecule has 1 aromatic heterocycles. The van der Waals surface area contributed by atoms with Crippen molar-refractivity contribution in [3.8, 4) is 11.4 Å².